The third-order valence-corrected chi connectivity index (χ3v) is 21.0. The minimum atomic E-state index is -3.92. The molecule has 0 spiro atoms. The standard InChI is InChI=1S/C20H19NOSi.C20H18NOSi.2C17H18N.C4H6.CH4O3S.2CH4O.B6.2Ir/c2*1-23(2,3)14-10-11-19-17(13-14)15-7-6-8-16(20(15)22-19)18-9-4-5-12-21-18;2*1-3-7-14(8-4-1)16-11-12-17(18-13-16)15-9-5-2-6-10-15;1-3-4-2;1-5(2,3)4;2*1-2;1-5(2)6(3)4;;/h4-13H,1-3H3;4-7,9-13H,1-3H3;2*2,5-6,9,11-14H,1,3-4,7-8H2;1-2H3;1H3,(H,2,3,4);2*2H,1H3;;;/q;3*-1;;;;;;;/p-1. The van der Waals surface area contributed by atoms with Crippen LogP contribution in [0.3, 0.4) is 0 Å². The summed E-state index contributed by atoms with van der Waals surface area (Å²) < 4.78 is 39.6. The second-order valence-corrected chi connectivity index (χ2v) is 37.9. The molecule has 0 unspecified atom stereocenters. The molecule has 22 heteroatoms. The van der Waals surface area contributed by atoms with Gasteiger partial charge >= 0.3 is 0 Å². The maximum absolute atomic E-state index is 9.08. The smallest absolute Gasteiger partial charge is 0.144 e. The molecule has 0 atom stereocenters. The maximum Gasteiger partial charge on any atom is 0.144 e. The summed E-state index contributed by atoms with van der Waals surface area (Å²) in [6.07, 6.45) is 20.8. The molecule has 0 bridgehead atoms. The van der Waals surface area contributed by atoms with Crippen molar-refractivity contribution in [2.75, 3.05) is 20.5 Å². The molecule has 12 aromatic rings. The molecule has 530 valence electrons. The molecule has 6 aromatic carbocycles. The van der Waals surface area contributed by atoms with Crippen LogP contribution in [0, 0.1) is 30.0 Å². The van der Waals surface area contributed by atoms with E-state index >= 15 is 0 Å². The van der Waals surface area contributed by atoms with E-state index in [0.29, 0.717) is 6.26 Å². The van der Waals surface area contributed by atoms with Crippen LogP contribution in [0.1, 0.15) is 101 Å². The Labute approximate surface area is 647 Å². The van der Waals surface area contributed by atoms with Crippen LogP contribution in [0.15, 0.2) is 210 Å². The van der Waals surface area contributed by atoms with Crippen LogP contribution in [-0.4, -0.2) is 123 Å². The van der Waals surface area contributed by atoms with Crippen LogP contribution in [0.25, 0.3) is 88.9 Å². The number of hydrogen-bond acceptors (Lipinski definition) is 11. The second kappa shape index (κ2) is 44.7. The average Bonchev–Trinajstić information content (AvgIpc) is 1.62. The van der Waals surface area contributed by atoms with Gasteiger partial charge in [-0.1, -0.05) is 178 Å². The first-order chi connectivity index (χ1) is 48.5. The molecule has 0 saturated heterocycles. The number of hydrogen-bond donors (Lipinski definition) is 2. The van der Waals surface area contributed by atoms with Gasteiger partial charge in [-0.3, -0.25) is 4.98 Å². The summed E-state index contributed by atoms with van der Waals surface area (Å²) >= 11 is 0. The summed E-state index contributed by atoms with van der Waals surface area (Å²) in [6, 6.07) is 70.0. The Morgan fingerprint density at radius 2 is 0.893 bits per heavy atom. The normalized spacial score (nSPS) is 12.5. The number of pyridine rings is 4. The van der Waals surface area contributed by atoms with Crippen LogP contribution in [-0.2, 0) is 50.3 Å². The molecule has 11 nitrogen and oxygen atoms in total. The van der Waals surface area contributed by atoms with Gasteiger partial charge in [0.1, 0.15) is 16.7 Å². The molecule has 6 heterocycles. The number of fused-ring (bicyclic) bond motifs is 6. The van der Waals surface area contributed by atoms with Gasteiger partial charge in [-0.05, 0) is 116 Å². The number of benzene rings is 6. The van der Waals surface area contributed by atoms with Crippen molar-refractivity contribution < 1.29 is 72.2 Å². The zero-order valence-electron chi connectivity index (χ0n) is 61.0. The predicted molar refractivity (Wildman–Crippen MR) is 433 cm³/mol. The van der Waals surface area contributed by atoms with Gasteiger partial charge in [-0.15, -0.1) is 102 Å². The first kappa shape index (κ1) is 88.4. The zero-order valence-corrected chi connectivity index (χ0v) is 68.6. The Hall–Kier alpha value is -6.97. The fraction of sp³-hybridized carbons (Fsp3) is 0.284. The molecule has 2 N–H and O–H groups in total. The molecule has 0 amide bonds. The van der Waals surface area contributed by atoms with E-state index in [9.17, 15) is 0 Å². The number of aliphatic hydroxyl groups is 2. The third-order valence-electron chi connectivity index (χ3n) is 16.9. The zero-order chi connectivity index (χ0) is 73.5. The van der Waals surface area contributed by atoms with E-state index in [-0.39, 0.29) is 40.2 Å². The van der Waals surface area contributed by atoms with E-state index in [4.69, 9.17) is 63.0 Å². The Bertz CT molecular complexity index is 4310. The summed E-state index contributed by atoms with van der Waals surface area (Å²) in [6.45, 7) is 17.8. The first-order valence-electron chi connectivity index (χ1n) is 34.2. The largest absolute Gasteiger partial charge is 0.748 e. The molecule has 0 aliphatic heterocycles. The van der Waals surface area contributed by atoms with Gasteiger partial charge in [0.05, 0.1) is 37.5 Å². The van der Waals surface area contributed by atoms with Gasteiger partial charge in [0.25, 0.3) is 0 Å². The fourth-order valence-electron chi connectivity index (χ4n) is 11.5. The van der Waals surface area contributed by atoms with E-state index < -0.39 is 39.0 Å². The molecule has 2 saturated carbocycles. The summed E-state index contributed by atoms with van der Waals surface area (Å²) in [5, 5.41) is 21.6. The second-order valence-electron chi connectivity index (χ2n) is 26.4. The van der Waals surface area contributed by atoms with Crippen LogP contribution in [0.4, 0.5) is 0 Å². The van der Waals surface area contributed by atoms with Crippen molar-refractivity contribution in [1.82, 2.24) is 19.9 Å². The summed E-state index contributed by atoms with van der Waals surface area (Å²) in [7, 11) is 15.2. The molecule has 10 radical (unpaired) electrons. The number of furan rings is 2. The maximum atomic E-state index is 9.08. The SMILES string of the molecule is CC#CC.CO.CO.CS(=O)(=O)[O-].C[Si](C)(C)c1ccc2oc3c(-c4ccccn4)[c-]ccc3c2c1.C[Si](C)(C)c1ccc2oc3c(-c4ccccn4)cccc3c2c1.[B]B([B])B([B])[B].[Ir].[Ir].[c-]1ccccc1-c1ccc(C2CCCCC2)cn1.[c-]1ccccc1-c1ccc(C2CCCCC2)cn1. The first-order valence-corrected chi connectivity index (χ1v) is 43.0. The van der Waals surface area contributed by atoms with E-state index in [1.54, 1.807) is 6.20 Å². The summed E-state index contributed by atoms with van der Waals surface area (Å²) in [4.78, 5) is 18.1. The molecule has 14 rings (SSSR count). The van der Waals surface area contributed by atoms with Gasteiger partial charge in [-0.25, -0.2) is 8.42 Å². The third kappa shape index (κ3) is 27.8. The van der Waals surface area contributed by atoms with E-state index in [0.717, 1.165) is 98.8 Å². The topological polar surface area (TPSA) is 175 Å². The Morgan fingerprint density at radius 3 is 1.26 bits per heavy atom. The monoisotopic (exact) mass is 1770 g/mol. The molecule has 6 aromatic heterocycles. The molecule has 2 fully saturated rings. The van der Waals surface area contributed by atoms with Gasteiger partial charge in [0.2, 0.25) is 0 Å². The molecule has 103 heavy (non-hydrogen) atoms. The number of aliphatic hydroxyl groups excluding tert-OH is 2. The Morgan fingerprint density at radius 1 is 0.476 bits per heavy atom. The molecule has 2 aliphatic carbocycles. The number of para-hydroxylation sites is 1. The van der Waals surface area contributed by atoms with Crippen LogP contribution in [0.2, 0.25) is 39.3 Å². The molecular weight excluding hydrogens is 1680 g/mol. The van der Waals surface area contributed by atoms with Gasteiger partial charge in [0.15, 0.2) is 0 Å². The predicted octanol–water partition coefficient (Wildman–Crippen LogP) is 16.5. The van der Waals surface area contributed by atoms with Crippen LogP contribution < -0.4 is 10.4 Å². The van der Waals surface area contributed by atoms with E-state index in [1.165, 1.54) is 102 Å². The van der Waals surface area contributed by atoms with Crippen molar-refractivity contribution in [1.29, 1.82) is 0 Å². The van der Waals surface area contributed by atoms with Crippen molar-refractivity contribution >= 4 is 124 Å². The van der Waals surface area contributed by atoms with Gasteiger partial charge in [-0.2, -0.15) is 0 Å². The summed E-state index contributed by atoms with van der Waals surface area (Å²) in [5.74, 6) is 6.83. The van der Waals surface area contributed by atoms with Crippen LogP contribution >= 0.6 is 0 Å². The Balaban J connectivity index is 0.000000268. The van der Waals surface area contributed by atoms with Gasteiger partial charge in [0, 0.05) is 151 Å². The quantitative estimate of drug-likeness (QED) is 0.0609. The van der Waals surface area contributed by atoms with Crippen molar-refractivity contribution in [2.45, 2.75) is 129 Å². The minimum Gasteiger partial charge on any atom is -0.748 e. The molecule has 2 aliphatic rings. The Kier molecular flexibility index (Phi) is 38.4. The number of nitrogens with zero attached hydrogens (tertiary/aromatic N) is 4. The van der Waals surface area contributed by atoms with Crippen molar-refractivity contribution in [3.05, 3.63) is 230 Å². The average molecular weight is 1770 g/mol. The van der Waals surface area contributed by atoms with E-state index in [1.807, 2.05) is 98.9 Å². The van der Waals surface area contributed by atoms with Crippen molar-refractivity contribution in [3.63, 3.8) is 0 Å². The van der Waals surface area contributed by atoms with Crippen molar-refractivity contribution in [2.24, 2.45) is 0 Å². The number of aromatic nitrogens is 4. The summed E-state index contributed by atoms with van der Waals surface area (Å²) in [5.41, 5.74) is 14.5. The van der Waals surface area contributed by atoms with Crippen LogP contribution in [0.5, 0.6) is 0 Å². The van der Waals surface area contributed by atoms with E-state index in [2.05, 4.69) is 199 Å². The number of rotatable bonds is 9. The minimum absolute atomic E-state index is 0. The molecular formula is C81H90B6Ir2N4O7SSi2-4. The fourth-order valence-corrected chi connectivity index (χ4v) is 13.8. The van der Waals surface area contributed by atoms with Gasteiger partial charge < -0.3 is 38.6 Å². The van der Waals surface area contributed by atoms with Crippen molar-refractivity contribution in [3.8, 4) is 56.9 Å².